The zero-order chi connectivity index (χ0) is 23.1. The van der Waals surface area contributed by atoms with E-state index in [-0.39, 0.29) is 11.6 Å². The van der Waals surface area contributed by atoms with Crippen LogP contribution in [0, 0.1) is 0 Å². The van der Waals surface area contributed by atoms with Crippen molar-refractivity contribution in [2.24, 2.45) is 0 Å². The van der Waals surface area contributed by atoms with E-state index >= 15 is 0 Å². The molecule has 176 valence electrons. The maximum Gasteiger partial charge on any atom is 0.330 e. The first-order valence-corrected chi connectivity index (χ1v) is 12.1. The van der Waals surface area contributed by atoms with Gasteiger partial charge in [0.1, 0.15) is 0 Å². The van der Waals surface area contributed by atoms with E-state index < -0.39 is 5.97 Å². The quantitative estimate of drug-likeness (QED) is 0.587. The van der Waals surface area contributed by atoms with Gasteiger partial charge in [-0.3, -0.25) is 0 Å². The number of fused-ring (bicyclic) bond motifs is 1. The summed E-state index contributed by atoms with van der Waals surface area (Å²) in [7, 11) is 0. The molecule has 3 fully saturated rings. The molecule has 2 atom stereocenters. The van der Waals surface area contributed by atoms with Crippen molar-refractivity contribution in [2.75, 3.05) is 19.6 Å². The van der Waals surface area contributed by atoms with Crippen molar-refractivity contribution < 1.29 is 14.7 Å². The number of amides is 2. The highest BCUT2D eigenvalue weighted by Gasteiger charge is 2.44. The van der Waals surface area contributed by atoms with E-state index in [1.807, 2.05) is 27.7 Å². The van der Waals surface area contributed by atoms with E-state index in [1.165, 1.54) is 77.9 Å². The third kappa shape index (κ3) is 9.07. The van der Waals surface area contributed by atoms with Crippen LogP contribution in [0.3, 0.4) is 0 Å². The van der Waals surface area contributed by atoms with Gasteiger partial charge < -0.3 is 20.2 Å². The van der Waals surface area contributed by atoms with Gasteiger partial charge in [-0.1, -0.05) is 60.5 Å². The Balaban J connectivity index is 0.000000719. The van der Waals surface area contributed by atoms with E-state index in [0.717, 1.165) is 0 Å². The van der Waals surface area contributed by atoms with Gasteiger partial charge in [0.2, 0.25) is 0 Å². The monoisotopic (exact) mass is 425 g/mol. The van der Waals surface area contributed by atoms with Crippen LogP contribution in [-0.2, 0) is 4.79 Å². The van der Waals surface area contributed by atoms with E-state index in [1.54, 1.807) is 0 Å². The van der Waals surface area contributed by atoms with Gasteiger partial charge in [-0.05, 0) is 45.6 Å². The lowest BCUT2D eigenvalue weighted by Crippen LogP contribution is -2.50. The third-order valence-corrected chi connectivity index (χ3v) is 5.77. The molecule has 0 aromatic rings. The van der Waals surface area contributed by atoms with Crippen molar-refractivity contribution in [2.45, 2.75) is 111 Å². The molecule has 2 unspecified atom stereocenters. The first-order valence-electron chi connectivity index (χ1n) is 12.1. The summed E-state index contributed by atoms with van der Waals surface area (Å²) in [5.41, 5.74) is 0.176. The average molecular weight is 426 g/mol. The van der Waals surface area contributed by atoms with Crippen molar-refractivity contribution >= 4 is 12.0 Å². The van der Waals surface area contributed by atoms with Gasteiger partial charge in [-0.15, -0.1) is 0 Å². The number of nitrogens with one attached hydrogen (secondary N) is 1. The Hall–Kier alpha value is -1.56. The highest BCUT2D eigenvalue weighted by molar-refractivity contribution is 5.84. The van der Waals surface area contributed by atoms with Crippen molar-refractivity contribution in [3.8, 4) is 0 Å². The molecule has 2 aliphatic heterocycles. The Morgan fingerprint density at radius 3 is 2.13 bits per heavy atom. The smallest absolute Gasteiger partial charge is 0.330 e. The number of likely N-dealkylation sites (tertiary alicyclic amines) is 1. The minimum Gasteiger partial charge on any atom is -0.478 e. The van der Waals surface area contributed by atoms with Gasteiger partial charge in [0.25, 0.3) is 0 Å². The van der Waals surface area contributed by atoms with Crippen LogP contribution in [0.2, 0.25) is 0 Å². The standard InChI is InChI=1S/C16H29N3O.C4H6O2.2C2H6/c1-2-3-10-18-11-8-13(9-12-18)19-15-7-5-4-6-14(15)17-16(19)20;1-3(2)4(5)6;2*1-2/h13-15H,2-12H2,1H3,(H,17,20);1H2,2H3,(H,5,6);2*1-2H3. The summed E-state index contributed by atoms with van der Waals surface area (Å²) in [5.74, 6) is -0.935. The lowest BCUT2D eigenvalue weighted by Gasteiger charge is -2.40. The number of carbonyl (C=O) groups is 2. The fraction of sp³-hybridized carbons (Fsp3) is 0.833. The minimum atomic E-state index is -0.935. The highest BCUT2D eigenvalue weighted by Crippen LogP contribution is 2.32. The SMILES string of the molecule is C=C(C)C(=O)O.CC.CC.CCCCN1CCC(N2C(=O)NC3CCCCC32)CC1. The molecule has 6 heteroatoms. The van der Waals surface area contributed by atoms with Crippen LogP contribution in [-0.4, -0.2) is 64.7 Å². The number of aliphatic carboxylic acids is 1. The van der Waals surface area contributed by atoms with Gasteiger partial charge in [-0.25, -0.2) is 9.59 Å². The van der Waals surface area contributed by atoms with Crippen LogP contribution in [0.15, 0.2) is 12.2 Å². The minimum absolute atomic E-state index is 0.176. The number of carboxylic acids is 1. The molecule has 1 saturated carbocycles. The maximum absolute atomic E-state index is 12.3. The summed E-state index contributed by atoms with van der Waals surface area (Å²) in [4.78, 5) is 26.7. The molecule has 2 saturated heterocycles. The lowest BCUT2D eigenvalue weighted by atomic mass is 9.89. The fourth-order valence-electron chi connectivity index (χ4n) is 4.24. The van der Waals surface area contributed by atoms with Crippen molar-refractivity contribution in [3.05, 3.63) is 12.2 Å². The topological polar surface area (TPSA) is 72.9 Å². The van der Waals surface area contributed by atoms with Crippen LogP contribution in [0.25, 0.3) is 0 Å². The Morgan fingerprint density at radius 2 is 1.63 bits per heavy atom. The van der Waals surface area contributed by atoms with Crippen LogP contribution >= 0.6 is 0 Å². The van der Waals surface area contributed by atoms with E-state index in [4.69, 9.17) is 5.11 Å². The van der Waals surface area contributed by atoms with Gasteiger partial charge in [0.15, 0.2) is 0 Å². The fourth-order valence-corrected chi connectivity index (χ4v) is 4.24. The number of carbonyl (C=O) groups excluding carboxylic acids is 1. The third-order valence-electron chi connectivity index (χ3n) is 5.77. The van der Waals surface area contributed by atoms with Gasteiger partial charge in [-0.2, -0.15) is 0 Å². The molecule has 3 aliphatic rings. The first-order chi connectivity index (χ1) is 14.4. The molecule has 0 aromatic heterocycles. The van der Waals surface area contributed by atoms with Crippen LogP contribution in [0.5, 0.6) is 0 Å². The van der Waals surface area contributed by atoms with E-state index in [2.05, 4.69) is 28.6 Å². The summed E-state index contributed by atoms with van der Waals surface area (Å²) >= 11 is 0. The highest BCUT2D eigenvalue weighted by atomic mass is 16.4. The van der Waals surface area contributed by atoms with Gasteiger partial charge >= 0.3 is 12.0 Å². The number of unbranched alkanes of at least 4 members (excludes halogenated alkanes) is 1. The average Bonchev–Trinajstić information content (AvgIpc) is 3.11. The Bertz CT molecular complexity index is 490. The van der Waals surface area contributed by atoms with Gasteiger partial charge in [0.05, 0.1) is 12.1 Å². The van der Waals surface area contributed by atoms with E-state index in [0.29, 0.717) is 18.1 Å². The summed E-state index contributed by atoms with van der Waals surface area (Å²) < 4.78 is 0. The second kappa shape index (κ2) is 16.2. The van der Waals surface area contributed by atoms with Crippen molar-refractivity contribution in [1.82, 2.24) is 15.1 Å². The largest absolute Gasteiger partial charge is 0.478 e. The molecule has 0 bridgehead atoms. The maximum atomic E-state index is 12.3. The van der Waals surface area contributed by atoms with Crippen LogP contribution < -0.4 is 5.32 Å². The molecule has 2 heterocycles. The summed E-state index contributed by atoms with van der Waals surface area (Å²) in [6, 6.07) is 1.63. The van der Waals surface area contributed by atoms with Gasteiger partial charge in [0, 0.05) is 24.7 Å². The molecular formula is C24H47N3O3. The zero-order valence-electron chi connectivity index (χ0n) is 20.4. The predicted octanol–water partition coefficient (Wildman–Crippen LogP) is 5.29. The van der Waals surface area contributed by atoms with Crippen LogP contribution in [0.4, 0.5) is 4.79 Å². The molecule has 1 aliphatic carbocycles. The molecule has 0 aromatic carbocycles. The Morgan fingerprint density at radius 1 is 1.10 bits per heavy atom. The number of hydrogen-bond donors (Lipinski definition) is 2. The van der Waals surface area contributed by atoms with Crippen LogP contribution in [0.1, 0.15) is 92.9 Å². The summed E-state index contributed by atoms with van der Waals surface area (Å²) in [6.07, 6.45) is 9.88. The first kappa shape index (κ1) is 28.4. The number of carboxylic acid groups (broad SMARTS) is 1. The number of hydrogen-bond acceptors (Lipinski definition) is 3. The van der Waals surface area contributed by atoms with Crippen molar-refractivity contribution in [3.63, 3.8) is 0 Å². The Labute approximate surface area is 185 Å². The second-order valence-corrected chi connectivity index (χ2v) is 7.83. The molecule has 30 heavy (non-hydrogen) atoms. The number of piperidine rings is 1. The molecule has 0 radical (unpaired) electrons. The normalized spacial score (nSPS) is 23.4. The summed E-state index contributed by atoms with van der Waals surface area (Å²) in [5, 5.41) is 11.1. The second-order valence-electron chi connectivity index (χ2n) is 7.83. The molecule has 3 rings (SSSR count). The van der Waals surface area contributed by atoms with Crippen molar-refractivity contribution in [1.29, 1.82) is 0 Å². The molecular weight excluding hydrogens is 378 g/mol. The lowest BCUT2D eigenvalue weighted by molar-refractivity contribution is -0.132. The zero-order valence-corrected chi connectivity index (χ0v) is 20.4. The summed E-state index contributed by atoms with van der Waals surface area (Å²) in [6.45, 7) is 18.4. The number of nitrogens with zero attached hydrogens (tertiary/aromatic N) is 2. The molecule has 0 spiro atoms. The number of urea groups is 1. The number of rotatable bonds is 5. The van der Waals surface area contributed by atoms with E-state index in [9.17, 15) is 9.59 Å². The predicted molar refractivity (Wildman–Crippen MR) is 126 cm³/mol. The molecule has 2 N–H and O–H groups in total. The Kier molecular flexibility index (Phi) is 15.3. The molecule has 2 amide bonds. The molecule has 6 nitrogen and oxygen atoms in total.